The van der Waals surface area contributed by atoms with E-state index in [1.807, 2.05) is 0 Å². The second-order valence-electron chi connectivity index (χ2n) is 6.61. The fourth-order valence-corrected chi connectivity index (χ4v) is 2.97. The minimum atomic E-state index is -0.155. The van der Waals surface area contributed by atoms with Crippen molar-refractivity contribution in [1.82, 2.24) is 0 Å². The van der Waals surface area contributed by atoms with Gasteiger partial charge in [-0.25, -0.2) is 4.79 Å². The van der Waals surface area contributed by atoms with Gasteiger partial charge in [0.05, 0.1) is 5.71 Å². The first-order valence-corrected chi connectivity index (χ1v) is 9.58. The number of hydrogen-bond donors (Lipinski definition) is 0. The summed E-state index contributed by atoms with van der Waals surface area (Å²) in [5.74, 6) is -0.155. The van der Waals surface area contributed by atoms with Gasteiger partial charge in [0.25, 0.3) is 0 Å². The van der Waals surface area contributed by atoms with Crippen molar-refractivity contribution in [1.29, 1.82) is 0 Å². The molecule has 0 aliphatic heterocycles. The van der Waals surface area contributed by atoms with Crippen LogP contribution in [0.25, 0.3) is 0 Å². The SMILES string of the molecule is CCCCCCCCCCCCC(=O)ON=C1CCCCC1. The number of carbonyl (C=O) groups is 1. The quantitative estimate of drug-likeness (QED) is 0.246. The molecule has 0 aromatic rings. The molecule has 0 bridgehead atoms. The van der Waals surface area contributed by atoms with E-state index in [1.54, 1.807) is 0 Å². The molecular formula is C19H35NO2. The lowest BCUT2D eigenvalue weighted by atomic mass is 9.99. The molecule has 0 saturated heterocycles. The Labute approximate surface area is 136 Å². The predicted molar refractivity (Wildman–Crippen MR) is 93.1 cm³/mol. The number of unbranched alkanes of at least 4 members (excludes halogenated alkanes) is 9. The average Bonchev–Trinajstić information content (AvgIpc) is 2.55. The van der Waals surface area contributed by atoms with Crippen LogP contribution in [0.4, 0.5) is 0 Å². The lowest BCUT2D eigenvalue weighted by molar-refractivity contribution is -0.143. The molecule has 1 fully saturated rings. The van der Waals surface area contributed by atoms with Crippen LogP contribution in [-0.2, 0) is 9.63 Å². The number of carbonyl (C=O) groups excluding carboxylic acids is 1. The Kier molecular flexibility index (Phi) is 12.0. The third-order valence-corrected chi connectivity index (χ3v) is 4.44. The van der Waals surface area contributed by atoms with E-state index in [2.05, 4.69) is 12.1 Å². The van der Waals surface area contributed by atoms with Gasteiger partial charge in [-0.1, -0.05) is 76.3 Å². The molecule has 0 N–H and O–H groups in total. The smallest absolute Gasteiger partial charge is 0.318 e. The van der Waals surface area contributed by atoms with Crippen LogP contribution in [0, 0.1) is 0 Å². The average molecular weight is 309 g/mol. The zero-order valence-electron chi connectivity index (χ0n) is 14.6. The van der Waals surface area contributed by atoms with Crippen molar-refractivity contribution >= 4 is 11.7 Å². The molecule has 0 radical (unpaired) electrons. The third kappa shape index (κ3) is 10.8. The molecule has 22 heavy (non-hydrogen) atoms. The standard InChI is InChI=1S/C19H35NO2/c1-2-3-4-5-6-7-8-9-10-14-17-19(21)22-20-18-15-12-11-13-16-18/h2-17H2,1H3. The normalized spacial score (nSPS) is 14.9. The molecule has 3 nitrogen and oxygen atoms in total. The molecule has 0 amide bonds. The summed E-state index contributed by atoms with van der Waals surface area (Å²) in [5.41, 5.74) is 1.07. The van der Waals surface area contributed by atoms with Crippen molar-refractivity contribution in [3.63, 3.8) is 0 Å². The summed E-state index contributed by atoms with van der Waals surface area (Å²) >= 11 is 0. The van der Waals surface area contributed by atoms with E-state index in [9.17, 15) is 4.79 Å². The zero-order valence-corrected chi connectivity index (χ0v) is 14.6. The van der Waals surface area contributed by atoms with Crippen LogP contribution in [0.5, 0.6) is 0 Å². The van der Waals surface area contributed by atoms with Crippen molar-refractivity contribution in [2.24, 2.45) is 5.16 Å². The largest absolute Gasteiger partial charge is 0.335 e. The molecule has 1 aliphatic carbocycles. The van der Waals surface area contributed by atoms with Crippen LogP contribution in [-0.4, -0.2) is 11.7 Å². The van der Waals surface area contributed by atoms with Gasteiger partial charge in [0.15, 0.2) is 0 Å². The van der Waals surface area contributed by atoms with E-state index >= 15 is 0 Å². The summed E-state index contributed by atoms with van der Waals surface area (Å²) in [4.78, 5) is 16.6. The van der Waals surface area contributed by atoms with Gasteiger partial charge >= 0.3 is 5.97 Å². The number of rotatable bonds is 12. The number of oxime groups is 1. The summed E-state index contributed by atoms with van der Waals surface area (Å²) < 4.78 is 0. The summed E-state index contributed by atoms with van der Waals surface area (Å²) in [6, 6.07) is 0. The second kappa shape index (κ2) is 13.8. The lowest BCUT2D eigenvalue weighted by Crippen LogP contribution is -2.08. The maximum Gasteiger partial charge on any atom is 0.335 e. The van der Waals surface area contributed by atoms with Gasteiger partial charge in [-0.2, -0.15) is 0 Å². The second-order valence-corrected chi connectivity index (χ2v) is 6.61. The summed E-state index contributed by atoms with van der Waals surface area (Å²) in [6.07, 6.45) is 19.0. The van der Waals surface area contributed by atoms with Crippen molar-refractivity contribution in [2.75, 3.05) is 0 Å². The van der Waals surface area contributed by atoms with E-state index in [-0.39, 0.29) is 5.97 Å². The van der Waals surface area contributed by atoms with Crippen molar-refractivity contribution in [2.45, 2.75) is 110 Å². The molecule has 1 saturated carbocycles. The lowest BCUT2D eigenvalue weighted by Gasteiger charge is -2.10. The third-order valence-electron chi connectivity index (χ3n) is 4.44. The van der Waals surface area contributed by atoms with E-state index < -0.39 is 0 Å². The first-order chi connectivity index (χ1) is 10.8. The summed E-state index contributed by atoms with van der Waals surface area (Å²) in [5, 5.41) is 4.01. The van der Waals surface area contributed by atoms with Gasteiger partial charge in [0.2, 0.25) is 0 Å². The highest BCUT2D eigenvalue weighted by molar-refractivity contribution is 5.85. The molecule has 1 rings (SSSR count). The highest BCUT2D eigenvalue weighted by atomic mass is 16.7. The van der Waals surface area contributed by atoms with Gasteiger partial charge in [-0.15, -0.1) is 0 Å². The topological polar surface area (TPSA) is 38.7 Å². The molecule has 0 atom stereocenters. The van der Waals surface area contributed by atoms with Crippen LogP contribution in [0.2, 0.25) is 0 Å². The minimum Gasteiger partial charge on any atom is -0.318 e. The first kappa shape index (κ1) is 19.2. The van der Waals surface area contributed by atoms with Crippen LogP contribution in [0.3, 0.4) is 0 Å². The van der Waals surface area contributed by atoms with E-state index in [4.69, 9.17) is 4.84 Å². The molecule has 3 heteroatoms. The van der Waals surface area contributed by atoms with Gasteiger partial charge in [-0.3, -0.25) is 0 Å². The van der Waals surface area contributed by atoms with Gasteiger partial charge in [0.1, 0.15) is 0 Å². The predicted octanol–water partition coefficient (Wildman–Crippen LogP) is 6.16. The van der Waals surface area contributed by atoms with Crippen LogP contribution >= 0.6 is 0 Å². The zero-order chi connectivity index (χ0) is 15.9. The van der Waals surface area contributed by atoms with Gasteiger partial charge < -0.3 is 4.84 Å². The summed E-state index contributed by atoms with van der Waals surface area (Å²) in [6.45, 7) is 2.26. The maximum atomic E-state index is 11.6. The van der Waals surface area contributed by atoms with Crippen molar-refractivity contribution in [3.8, 4) is 0 Å². The number of nitrogens with zero attached hydrogens (tertiary/aromatic N) is 1. The summed E-state index contributed by atoms with van der Waals surface area (Å²) in [7, 11) is 0. The van der Waals surface area contributed by atoms with Crippen molar-refractivity contribution < 1.29 is 9.63 Å². The van der Waals surface area contributed by atoms with Gasteiger partial charge in [-0.05, 0) is 32.1 Å². The molecule has 0 unspecified atom stereocenters. The molecule has 0 spiro atoms. The monoisotopic (exact) mass is 309 g/mol. The minimum absolute atomic E-state index is 0.155. The van der Waals surface area contributed by atoms with E-state index in [0.717, 1.165) is 31.4 Å². The Morgan fingerprint density at radius 2 is 1.41 bits per heavy atom. The Hall–Kier alpha value is -0.860. The highest BCUT2D eigenvalue weighted by Crippen LogP contribution is 2.15. The molecule has 0 aromatic heterocycles. The molecule has 1 aliphatic rings. The van der Waals surface area contributed by atoms with E-state index in [0.29, 0.717) is 6.42 Å². The van der Waals surface area contributed by atoms with Gasteiger partial charge in [0, 0.05) is 6.42 Å². The van der Waals surface area contributed by atoms with Crippen molar-refractivity contribution in [3.05, 3.63) is 0 Å². The fourth-order valence-electron chi connectivity index (χ4n) is 2.97. The van der Waals surface area contributed by atoms with Crippen LogP contribution in [0.1, 0.15) is 110 Å². The van der Waals surface area contributed by atoms with Crippen LogP contribution < -0.4 is 0 Å². The highest BCUT2D eigenvalue weighted by Gasteiger charge is 2.08. The molecular weight excluding hydrogens is 274 g/mol. The van der Waals surface area contributed by atoms with Crippen LogP contribution in [0.15, 0.2) is 5.16 Å². The fraction of sp³-hybridized carbons (Fsp3) is 0.895. The van der Waals surface area contributed by atoms with E-state index in [1.165, 1.54) is 70.6 Å². The Bertz CT molecular complexity index is 305. The Morgan fingerprint density at radius 1 is 0.864 bits per heavy atom. The molecule has 0 heterocycles. The molecule has 128 valence electrons. The Balaban J connectivity index is 1.86. The Morgan fingerprint density at radius 3 is 2.00 bits per heavy atom. The molecule has 0 aromatic carbocycles. The first-order valence-electron chi connectivity index (χ1n) is 9.58. The maximum absolute atomic E-state index is 11.6. The number of hydrogen-bond acceptors (Lipinski definition) is 3.